The van der Waals surface area contributed by atoms with Gasteiger partial charge in [-0.05, 0) is 24.0 Å². The lowest BCUT2D eigenvalue weighted by Crippen LogP contribution is -2.28. The van der Waals surface area contributed by atoms with Crippen LogP contribution in [0.25, 0.3) is 10.1 Å². The minimum absolute atomic E-state index is 0.234. The Bertz CT molecular complexity index is 872. The number of carbonyl (C=O) groups is 1. The summed E-state index contributed by atoms with van der Waals surface area (Å²) in [5.41, 5.74) is -0.657. The van der Waals surface area contributed by atoms with Crippen LogP contribution in [-0.2, 0) is 6.18 Å². The fourth-order valence-corrected chi connectivity index (χ4v) is 3.93. The molecule has 24 heavy (non-hydrogen) atoms. The summed E-state index contributed by atoms with van der Waals surface area (Å²) in [5.74, 6) is -0.414. The van der Waals surface area contributed by atoms with Crippen molar-refractivity contribution in [2.24, 2.45) is 0 Å². The first kappa shape index (κ1) is 16.8. The van der Waals surface area contributed by atoms with E-state index in [4.69, 9.17) is 0 Å². The molecule has 4 nitrogen and oxygen atoms in total. The number of rotatable bonds is 4. The maximum Gasteiger partial charge on any atom is 0.434 e. The monoisotopic (exact) mass is 371 g/mol. The predicted molar refractivity (Wildman–Crippen MR) is 87.2 cm³/mol. The van der Waals surface area contributed by atoms with Crippen LogP contribution in [0.4, 0.5) is 13.2 Å². The SMILES string of the molecule is CCC(NC(=O)c1nsc2ccccc12)c1nc(C(F)(F)F)cs1. The van der Waals surface area contributed by atoms with Crippen LogP contribution in [0, 0.1) is 0 Å². The molecule has 9 heteroatoms. The van der Waals surface area contributed by atoms with Crippen molar-refractivity contribution in [2.75, 3.05) is 0 Å². The van der Waals surface area contributed by atoms with Crippen LogP contribution in [0.2, 0.25) is 0 Å². The lowest BCUT2D eigenvalue weighted by Gasteiger charge is -2.13. The smallest absolute Gasteiger partial charge is 0.341 e. The highest BCUT2D eigenvalue weighted by atomic mass is 32.1. The third-order valence-electron chi connectivity index (χ3n) is 3.42. The Morgan fingerprint density at radius 1 is 1.33 bits per heavy atom. The average Bonchev–Trinajstić information content (AvgIpc) is 3.18. The van der Waals surface area contributed by atoms with E-state index in [1.807, 2.05) is 12.1 Å². The van der Waals surface area contributed by atoms with Gasteiger partial charge >= 0.3 is 6.18 Å². The summed E-state index contributed by atoms with van der Waals surface area (Å²) in [7, 11) is 0. The van der Waals surface area contributed by atoms with E-state index in [-0.39, 0.29) is 10.7 Å². The molecule has 0 radical (unpaired) electrons. The molecule has 3 rings (SSSR count). The number of carbonyl (C=O) groups excluding carboxylic acids is 1. The Labute approximate surface area is 143 Å². The molecule has 0 saturated heterocycles. The second-order valence-electron chi connectivity index (χ2n) is 5.03. The maximum atomic E-state index is 12.7. The van der Waals surface area contributed by atoms with Gasteiger partial charge in [0.2, 0.25) is 0 Å². The van der Waals surface area contributed by atoms with Crippen LogP contribution in [0.1, 0.15) is 40.6 Å². The van der Waals surface area contributed by atoms with Gasteiger partial charge in [0, 0.05) is 10.8 Å². The third-order valence-corrected chi connectivity index (χ3v) is 5.20. The number of alkyl halides is 3. The normalized spacial score (nSPS) is 13.2. The first-order valence-electron chi connectivity index (χ1n) is 7.08. The minimum Gasteiger partial charge on any atom is -0.341 e. The maximum absolute atomic E-state index is 12.7. The average molecular weight is 371 g/mol. The van der Waals surface area contributed by atoms with E-state index in [1.54, 1.807) is 19.1 Å². The summed E-state index contributed by atoms with van der Waals surface area (Å²) in [5, 5.41) is 4.65. The van der Waals surface area contributed by atoms with Crippen LogP contribution in [0.5, 0.6) is 0 Å². The van der Waals surface area contributed by atoms with Gasteiger partial charge in [-0.2, -0.15) is 17.5 Å². The van der Waals surface area contributed by atoms with Crippen molar-refractivity contribution in [2.45, 2.75) is 25.6 Å². The predicted octanol–water partition coefficient (Wildman–Crippen LogP) is 4.65. The van der Waals surface area contributed by atoms with Gasteiger partial charge in [-0.3, -0.25) is 4.79 Å². The molecule has 0 saturated carbocycles. The molecule has 1 atom stereocenters. The van der Waals surface area contributed by atoms with Crippen molar-refractivity contribution in [1.82, 2.24) is 14.7 Å². The number of halogens is 3. The second-order valence-corrected chi connectivity index (χ2v) is 6.73. The molecule has 1 unspecified atom stereocenters. The Morgan fingerprint density at radius 3 is 2.75 bits per heavy atom. The van der Waals surface area contributed by atoms with Crippen LogP contribution in [-0.4, -0.2) is 15.3 Å². The van der Waals surface area contributed by atoms with Gasteiger partial charge < -0.3 is 5.32 Å². The van der Waals surface area contributed by atoms with Crippen LogP contribution < -0.4 is 5.32 Å². The molecule has 0 aliphatic heterocycles. The molecular weight excluding hydrogens is 359 g/mol. The summed E-state index contributed by atoms with van der Waals surface area (Å²) in [4.78, 5) is 16.1. The van der Waals surface area contributed by atoms with E-state index in [0.29, 0.717) is 6.42 Å². The third kappa shape index (κ3) is 3.27. The molecule has 1 N–H and O–H groups in total. The summed E-state index contributed by atoms with van der Waals surface area (Å²) in [6.07, 6.45) is -4.05. The van der Waals surface area contributed by atoms with Crippen molar-refractivity contribution >= 4 is 38.9 Å². The number of aromatic nitrogens is 2. The largest absolute Gasteiger partial charge is 0.434 e. The van der Waals surface area contributed by atoms with E-state index in [0.717, 1.165) is 26.8 Å². The Hall–Kier alpha value is -2.00. The summed E-state index contributed by atoms with van der Waals surface area (Å²) < 4.78 is 43.1. The molecule has 0 fully saturated rings. The number of hydrogen-bond acceptors (Lipinski definition) is 5. The quantitative estimate of drug-likeness (QED) is 0.726. The fourth-order valence-electron chi connectivity index (χ4n) is 2.19. The lowest BCUT2D eigenvalue weighted by atomic mass is 10.2. The molecular formula is C15H12F3N3OS2. The van der Waals surface area contributed by atoms with Gasteiger partial charge in [-0.25, -0.2) is 4.98 Å². The molecule has 0 spiro atoms. The highest BCUT2D eigenvalue weighted by Gasteiger charge is 2.34. The van der Waals surface area contributed by atoms with E-state index in [1.165, 1.54) is 11.5 Å². The molecule has 126 valence electrons. The second kappa shape index (κ2) is 6.48. The summed E-state index contributed by atoms with van der Waals surface area (Å²) >= 11 is 2.10. The topological polar surface area (TPSA) is 54.9 Å². The van der Waals surface area contributed by atoms with Gasteiger partial charge in [0.05, 0.1) is 10.7 Å². The van der Waals surface area contributed by atoms with E-state index < -0.39 is 23.8 Å². The number of amides is 1. The van der Waals surface area contributed by atoms with E-state index in [2.05, 4.69) is 14.7 Å². The summed E-state index contributed by atoms with van der Waals surface area (Å²) in [6.45, 7) is 1.78. The number of hydrogen-bond donors (Lipinski definition) is 1. The highest BCUT2D eigenvalue weighted by Crippen LogP contribution is 2.32. The standard InChI is InChI=1S/C15H12F3N3OS2/c1-2-9(14-20-11(7-23-14)15(16,17)18)19-13(22)12-8-5-3-4-6-10(8)24-21-12/h3-7,9H,2H2,1H3,(H,19,22). The highest BCUT2D eigenvalue weighted by molar-refractivity contribution is 7.13. The summed E-state index contributed by atoms with van der Waals surface area (Å²) in [6, 6.07) is 6.73. The lowest BCUT2D eigenvalue weighted by molar-refractivity contribution is -0.140. The zero-order chi connectivity index (χ0) is 17.3. The first-order chi connectivity index (χ1) is 11.4. The molecule has 0 aliphatic carbocycles. The molecule has 0 aliphatic rings. The first-order valence-corrected chi connectivity index (χ1v) is 8.73. The van der Waals surface area contributed by atoms with Crippen LogP contribution in [0.3, 0.4) is 0 Å². The molecule has 3 aromatic rings. The van der Waals surface area contributed by atoms with E-state index >= 15 is 0 Å². The van der Waals surface area contributed by atoms with E-state index in [9.17, 15) is 18.0 Å². The van der Waals surface area contributed by atoms with Gasteiger partial charge in [0.1, 0.15) is 10.7 Å². The van der Waals surface area contributed by atoms with Crippen molar-refractivity contribution in [3.63, 3.8) is 0 Å². The fraction of sp³-hybridized carbons (Fsp3) is 0.267. The van der Waals surface area contributed by atoms with Crippen molar-refractivity contribution in [3.8, 4) is 0 Å². The van der Waals surface area contributed by atoms with Crippen molar-refractivity contribution < 1.29 is 18.0 Å². The zero-order valence-corrected chi connectivity index (χ0v) is 14.1. The molecule has 1 aromatic carbocycles. The van der Waals surface area contributed by atoms with Crippen molar-refractivity contribution in [3.05, 3.63) is 46.0 Å². The van der Waals surface area contributed by atoms with Gasteiger partial charge in [0.25, 0.3) is 5.91 Å². The zero-order valence-electron chi connectivity index (χ0n) is 12.4. The number of thiazole rings is 1. The molecule has 1 amide bonds. The molecule has 2 heterocycles. The van der Waals surface area contributed by atoms with Gasteiger partial charge in [-0.1, -0.05) is 25.1 Å². The number of benzene rings is 1. The molecule has 0 bridgehead atoms. The van der Waals surface area contributed by atoms with Crippen LogP contribution >= 0.6 is 22.9 Å². The molecule has 2 aromatic heterocycles. The Balaban J connectivity index is 1.82. The van der Waals surface area contributed by atoms with Crippen molar-refractivity contribution in [1.29, 1.82) is 0 Å². The Kier molecular flexibility index (Phi) is 4.55. The Morgan fingerprint density at radius 2 is 2.08 bits per heavy atom. The number of fused-ring (bicyclic) bond motifs is 1. The van der Waals surface area contributed by atoms with Crippen LogP contribution in [0.15, 0.2) is 29.6 Å². The number of nitrogens with one attached hydrogen (secondary N) is 1. The minimum atomic E-state index is -4.48. The van der Waals surface area contributed by atoms with Gasteiger partial charge in [0.15, 0.2) is 5.69 Å². The number of nitrogens with zero attached hydrogens (tertiary/aromatic N) is 2. The van der Waals surface area contributed by atoms with Gasteiger partial charge in [-0.15, -0.1) is 11.3 Å².